The SMILES string of the molecule is c1ccc(-c2cc(-c3ccccc3)cc(-c3cc(-c4cc5c6c(c4)N(c4cc(-c7ccccc7)cc(-c7ccccc7)c4)c4c(cc7ccc8cccc9ccc4c7c89)B6c4cc6ccc7cccc8ccc(c4N5c4cc(-c5ccccc5)cc(-c5ccccc5)c4)c6c78)nc(-c4cc(-c5ccccc5)cc(-c5ccccc5)c4)n3)c2)cc1. The molecule has 3 heterocycles. The molecular formula is C114H71BN4. The Morgan fingerprint density at radius 1 is 0.185 bits per heavy atom. The molecule has 119 heavy (non-hydrogen) atoms. The number of aromatic nitrogens is 2. The molecule has 0 atom stereocenters. The molecule has 0 radical (unpaired) electrons. The van der Waals surface area contributed by atoms with Crippen molar-refractivity contribution >= 4 is 122 Å². The van der Waals surface area contributed by atoms with Crippen LogP contribution >= 0.6 is 0 Å². The Morgan fingerprint density at radius 2 is 0.445 bits per heavy atom. The van der Waals surface area contributed by atoms with Crippen LogP contribution in [-0.2, 0) is 0 Å². The lowest BCUT2D eigenvalue weighted by Gasteiger charge is -2.45. The van der Waals surface area contributed by atoms with Crippen molar-refractivity contribution in [2.75, 3.05) is 9.80 Å². The van der Waals surface area contributed by atoms with E-state index in [9.17, 15) is 0 Å². The molecule has 0 unspecified atom stereocenters. The number of benzene rings is 21. The van der Waals surface area contributed by atoms with Gasteiger partial charge in [-0.25, -0.2) is 9.97 Å². The van der Waals surface area contributed by atoms with Crippen LogP contribution in [0.2, 0.25) is 0 Å². The lowest BCUT2D eigenvalue weighted by atomic mass is 9.33. The number of nitrogens with zero attached hydrogens (tertiary/aromatic N) is 4. The summed E-state index contributed by atoms with van der Waals surface area (Å²) in [6.07, 6.45) is 0. The van der Waals surface area contributed by atoms with E-state index in [-0.39, 0.29) is 6.71 Å². The molecule has 2 aliphatic rings. The molecule has 550 valence electrons. The Labute approximate surface area is 690 Å². The van der Waals surface area contributed by atoms with Crippen molar-refractivity contribution in [3.8, 4) is 123 Å². The molecule has 0 fully saturated rings. The van der Waals surface area contributed by atoms with E-state index in [1.807, 2.05) is 0 Å². The van der Waals surface area contributed by atoms with E-state index in [4.69, 9.17) is 9.97 Å². The third-order valence-corrected chi connectivity index (χ3v) is 24.9. The number of anilines is 6. The molecule has 0 saturated carbocycles. The fourth-order valence-electron chi connectivity index (χ4n) is 19.5. The predicted octanol–water partition coefficient (Wildman–Crippen LogP) is 28.7. The highest BCUT2D eigenvalue weighted by molar-refractivity contribution is 7.01. The molecule has 0 spiro atoms. The maximum absolute atomic E-state index is 6.15. The monoisotopic (exact) mass is 1510 g/mol. The van der Waals surface area contributed by atoms with Gasteiger partial charge in [-0.2, -0.15) is 0 Å². The zero-order chi connectivity index (χ0) is 78.2. The Balaban J connectivity index is 0.880. The van der Waals surface area contributed by atoms with Gasteiger partial charge < -0.3 is 9.80 Å². The lowest BCUT2D eigenvalue weighted by Crippen LogP contribution is -2.61. The van der Waals surface area contributed by atoms with Crippen LogP contribution in [0.3, 0.4) is 0 Å². The maximum atomic E-state index is 6.15. The average molecular weight is 1510 g/mol. The van der Waals surface area contributed by atoms with Gasteiger partial charge in [0.15, 0.2) is 5.82 Å². The molecule has 0 bridgehead atoms. The van der Waals surface area contributed by atoms with E-state index in [1.165, 1.54) is 81.0 Å². The van der Waals surface area contributed by atoms with Crippen molar-refractivity contribution in [1.29, 1.82) is 0 Å². The van der Waals surface area contributed by atoms with Gasteiger partial charge in [-0.1, -0.05) is 340 Å². The Kier molecular flexibility index (Phi) is 15.7. The highest BCUT2D eigenvalue weighted by Crippen LogP contribution is 2.54. The van der Waals surface area contributed by atoms with Crippen LogP contribution in [0.5, 0.6) is 0 Å². The van der Waals surface area contributed by atoms with Crippen molar-refractivity contribution in [2.45, 2.75) is 0 Å². The topological polar surface area (TPSA) is 32.3 Å². The molecule has 2 aliphatic heterocycles. The minimum absolute atomic E-state index is 0.321. The smallest absolute Gasteiger partial charge is 0.252 e. The largest absolute Gasteiger partial charge is 0.311 e. The van der Waals surface area contributed by atoms with Crippen LogP contribution in [0.25, 0.3) is 188 Å². The van der Waals surface area contributed by atoms with Gasteiger partial charge in [0.05, 0.1) is 11.4 Å². The molecule has 21 aromatic carbocycles. The Hall–Kier alpha value is -15.6. The third kappa shape index (κ3) is 11.5. The van der Waals surface area contributed by atoms with E-state index < -0.39 is 0 Å². The molecule has 22 aromatic rings. The quantitative estimate of drug-likeness (QED) is 0.0851. The minimum Gasteiger partial charge on any atom is -0.311 e. The number of fused-ring (bicyclic) bond motifs is 6. The summed E-state index contributed by atoms with van der Waals surface area (Å²) in [6.45, 7) is -0.321. The van der Waals surface area contributed by atoms with Crippen LogP contribution in [-0.4, -0.2) is 16.7 Å². The van der Waals surface area contributed by atoms with E-state index in [0.29, 0.717) is 5.82 Å². The van der Waals surface area contributed by atoms with Gasteiger partial charge in [-0.3, -0.25) is 0 Å². The molecule has 1 aromatic heterocycles. The second kappa shape index (κ2) is 27.6. The van der Waals surface area contributed by atoms with Crippen LogP contribution in [0.15, 0.2) is 431 Å². The zero-order valence-corrected chi connectivity index (χ0v) is 64.9. The number of rotatable bonds is 13. The Bertz CT molecular complexity index is 7040. The van der Waals surface area contributed by atoms with Crippen molar-refractivity contribution in [3.05, 3.63) is 431 Å². The van der Waals surface area contributed by atoms with Crippen molar-refractivity contribution < 1.29 is 0 Å². The summed E-state index contributed by atoms with van der Waals surface area (Å²) in [5.41, 5.74) is 32.2. The molecule has 0 saturated heterocycles. The summed E-state index contributed by atoms with van der Waals surface area (Å²) < 4.78 is 0. The van der Waals surface area contributed by atoms with Gasteiger partial charge in [0.25, 0.3) is 6.71 Å². The van der Waals surface area contributed by atoms with Crippen LogP contribution in [0.1, 0.15) is 0 Å². The maximum Gasteiger partial charge on any atom is 0.252 e. The van der Waals surface area contributed by atoms with Gasteiger partial charge in [0.1, 0.15) is 0 Å². The Morgan fingerprint density at radius 3 is 0.756 bits per heavy atom. The van der Waals surface area contributed by atoms with E-state index in [1.54, 1.807) is 0 Å². The highest BCUT2D eigenvalue weighted by Gasteiger charge is 2.46. The normalized spacial score (nSPS) is 12.3. The van der Waals surface area contributed by atoms with Crippen LogP contribution in [0.4, 0.5) is 34.1 Å². The first-order valence-corrected chi connectivity index (χ1v) is 41.1. The van der Waals surface area contributed by atoms with E-state index in [0.717, 1.165) is 151 Å². The van der Waals surface area contributed by atoms with Gasteiger partial charge in [-0.15, -0.1) is 0 Å². The molecule has 0 N–H and O–H groups in total. The first-order chi connectivity index (χ1) is 58.9. The van der Waals surface area contributed by atoms with Gasteiger partial charge in [0, 0.05) is 61.6 Å². The summed E-state index contributed by atoms with van der Waals surface area (Å²) in [7, 11) is 0. The summed E-state index contributed by atoms with van der Waals surface area (Å²) in [6, 6.07) is 160. The van der Waals surface area contributed by atoms with Gasteiger partial charge >= 0.3 is 0 Å². The van der Waals surface area contributed by atoms with Crippen molar-refractivity contribution in [1.82, 2.24) is 9.97 Å². The number of hydrogen-bond donors (Lipinski definition) is 0. The summed E-state index contributed by atoms with van der Waals surface area (Å²) in [5.74, 6) is 0.603. The van der Waals surface area contributed by atoms with Gasteiger partial charge in [-0.05, 0) is 250 Å². The van der Waals surface area contributed by atoms with E-state index >= 15 is 0 Å². The molecule has 0 amide bonds. The average Bonchev–Trinajstić information content (AvgIpc) is 0.674. The zero-order valence-electron chi connectivity index (χ0n) is 64.9. The predicted molar refractivity (Wildman–Crippen MR) is 503 cm³/mol. The second-order valence-corrected chi connectivity index (χ2v) is 31.9. The highest BCUT2D eigenvalue weighted by atomic mass is 15.2. The summed E-state index contributed by atoms with van der Waals surface area (Å²) >= 11 is 0. The summed E-state index contributed by atoms with van der Waals surface area (Å²) in [4.78, 5) is 17.5. The molecular weight excluding hydrogens is 1440 g/mol. The molecule has 0 aliphatic carbocycles. The number of hydrogen-bond acceptors (Lipinski definition) is 4. The first kappa shape index (κ1) is 67.9. The van der Waals surface area contributed by atoms with Gasteiger partial charge in [0.2, 0.25) is 0 Å². The third-order valence-electron chi connectivity index (χ3n) is 24.9. The van der Waals surface area contributed by atoms with Crippen molar-refractivity contribution in [3.63, 3.8) is 0 Å². The fraction of sp³-hybridized carbons (Fsp3) is 0. The summed E-state index contributed by atoms with van der Waals surface area (Å²) in [5, 5.41) is 14.7. The lowest BCUT2D eigenvalue weighted by molar-refractivity contribution is 1.18. The minimum atomic E-state index is -0.321. The van der Waals surface area contributed by atoms with Crippen molar-refractivity contribution in [2.24, 2.45) is 0 Å². The van der Waals surface area contributed by atoms with Crippen LogP contribution < -0.4 is 26.2 Å². The fourth-order valence-corrected chi connectivity index (χ4v) is 19.5. The van der Waals surface area contributed by atoms with Crippen LogP contribution in [0, 0.1) is 0 Å². The second-order valence-electron chi connectivity index (χ2n) is 31.9. The first-order valence-electron chi connectivity index (χ1n) is 41.1. The molecule has 5 heteroatoms. The van der Waals surface area contributed by atoms with E-state index in [2.05, 4.69) is 441 Å². The molecule has 4 nitrogen and oxygen atoms in total. The standard InChI is InChI=1S/C114H71BN4/c1-9-27-72(28-10-1)86-55-87(73-29-11-2-12-30-73)60-94(59-86)103-71-104(117-114(116-103)96-61-88(74-31-13-3-14-32-74)56-89(62-96)75-33-15-4-16-34-75)95-69-105-111-106(70-95)119(98-65-92(78-39-21-7-22-40-78)58-93(66-98)79-41-23-8-24-42-79)113-100-54-52-83-46-26-44-81-48-50-85(110(100)108(81)83)68-102(113)115(111)101-67-84-49-47-80-43-25-45-82-51-53-99(109(84)107(80)82)112(101)118(105)97-63-90(76-35-17-5-18-36-76)57-91(64-97)77-37-19-6-20-38-77/h1-71H. The molecule has 24 rings (SSSR count).